The summed E-state index contributed by atoms with van der Waals surface area (Å²) in [4.78, 5) is 2.20. The number of hydrogen-bond donors (Lipinski definition) is 1. The summed E-state index contributed by atoms with van der Waals surface area (Å²) in [5, 5.41) is 4.32. The molecule has 0 unspecified atom stereocenters. The Bertz CT molecular complexity index is 622. The summed E-state index contributed by atoms with van der Waals surface area (Å²) >= 11 is 0. The van der Waals surface area contributed by atoms with Crippen LogP contribution in [0, 0.1) is 0 Å². The lowest BCUT2D eigenvalue weighted by molar-refractivity contribution is 0.955. The second-order valence-corrected chi connectivity index (χ2v) is 4.78. The summed E-state index contributed by atoms with van der Waals surface area (Å²) in [6, 6.07) is 18.0. The predicted octanol–water partition coefficient (Wildman–Crippen LogP) is 4.31. The second kappa shape index (κ2) is 8.47. The van der Waals surface area contributed by atoms with Gasteiger partial charge in [-0.1, -0.05) is 48.6 Å². The van der Waals surface area contributed by atoms with Crippen molar-refractivity contribution in [3.63, 3.8) is 0 Å². The summed E-state index contributed by atoms with van der Waals surface area (Å²) in [6.07, 6.45) is 5.61. The van der Waals surface area contributed by atoms with Crippen molar-refractivity contribution < 1.29 is 0 Å². The molecule has 1 N–H and O–H groups in total. The lowest BCUT2D eigenvalue weighted by atomic mass is 10.1. The van der Waals surface area contributed by atoms with Gasteiger partial charge < -0.3 is 4.90 Å². The van der Waals surface area contributed by atoms with E-state index in [-0.39, 0.29) is 0 Å². The molecule has 0 saturated heterocycles. The minimum atomic E-state index is 0.767. The maximum Gasteiger partial charge on any atom is 0.0565 e. The van der Waals surface area contributed by atoms with Crippen LogP contribution in [0.1, 0.15) is 5.56 Å². The topological polar surface area (TPSA) is 27.6 Å². The van der Waals surface area contributed by atoms with Crippen LogP contribution in [0.4, 0.5) is 11.4 Å². The fourth-order valence-corrected chi connectivity index (χ4v) is 2.16. The maximum absolute atomic E-state index is 4.32. The van der Waals surface area contributed by atoms with Crippen molar-refractivity contribution in [1.82, 2.24) is 0 Å². The van der Waals surface area contributed by atoms with Gasteiger partial charge in [-0.3, -0.25) is 5.43 Å². The fourth-order valence-electron chi connectivity index (χ4n) is 2.16. The average Bonchev–Trinajstić information content (AvgIpc) is 2.56. The largest absolute Gasteiger partial charge is 0.364 e. The van der Waals surface area contributed by atoms with E-state index >= 15 is 0 Å². The molecule has 0 spiro atoms. The number of nitrogens with zero attached hydrogens (tertiary/aromatic N) is 2. The Morgan fingerprint density at radius 2 is 1.55 bits per heavy atom. The molecule has 0 heterocycles. The Labute approximate surface area is 132 Å². The normalized spacial score (nSPS) is 10.4. The van der Waals surface area contributed by atoms with Gasteiger partial charge >= 0.3 is 0 Å². The average molecular weight is 291 g/mol. The maximum atomic E-state index is 4.32. The van der Waals surface area contributed by atoms with Gasteiger partial charge in [-0.15, -0.1) is 13.2 Å². The highest BCUT2D eigenvalue weighted by molar-refractivity contribution is 5.88. The zero-order valence-electron chi connectivity index (χ0n) is 12.7. The van der Waals surface area contributed by atoms with Crippen molar-refractivity contribution in [2.24, 2.45) is 5.10 Å². The number of benzene rings is 2. The Morgan fingerprint density at radius 1 is 0.909 bits per heavy atom. The van der Waals surface area contributed by atoms with E-state index in [1.807, 2.05) is 66.9 Å². The van der Waals surface area contributed by atoms with Gasteiger partial charge in [-0.25, -0.2) is 0 Å². The summed E-state index contributed by atoms with van der Waals surface area (Å²) in [7, 11) is 0. The van der Waals surface area contributed by atoms with Gasteiger partial charge in [0.25, 0.3) is 0 Å². The third-order valence-electron chi connectivity index (χ3n) is 3.15. The molecule has 22 heavy (non-hydrogen) atoms. The van der Waals surface area contributed by atoms with Crippen molar-refractivity contribution in [2.45, 2.75) is 0 Å². The van der Waals surface area contributed by atoms with Gasteiger partial charge in [-0.05, 0) is 18.2 Å². The smallest absolute Gasteiger partial charge is 0.0565 e. The first kappa shape index (κ1) is 15.6. The van der Waals surface area contributed by atoms with Gasteiger partial charge in [0.1, 0.15) is 0 Å². The molecular formula is C19H21N3. The fraction of sp³-hybridized carbons (Fsp3) is 0.105. The van der Waals surface area contributed by atoms with E-state index in [0.29, 0.717) is 0 Å². The van der Waals surface area contributed by atoms with Crippen molar-refractivity contribution >= 4 is 17.6 Å². The minimum Gasteiger partial charge on any atom is -0.364 e. The van der Waals surface area contributed by atoms with E-state index < -0.39 is 0 Å². The van der Waals surface area contributed by atoms with Gasteiger partial charge in [0, 0.05) is 24.3 Å². The van der Waals surface area contributed by atoms with E-state index in [9.17, 15) is 0 Å². The van der Waals surface area contributed by atoms with Gasteiger partial charge in [-0.2, -0.15) is 5.10 Å². The summed E-state index contributed by atoms with van der Waals surface area (Å²) in [5.74, 6) is 0. The summed E-state index contributed by atoms with van der Waals surface area (Å²) in [6.45, 7) is 9.17. The first-order chi connectivity index (χ1) is 10.8. The highest BCUT2D eigenvalue weighted by Gasteiger charge is 2.06. The third kappa shape index (κ3) is 4.35. The molecular weight excluding hydrogens is 270 g/mol. The Kier molecular flexibility index (Phi) is 6.00. The molecule has 0 fully saturated rings. The van der Waals surface area contributed by atoms with E-state index in [0.717, 1.165) is 30.0 Å². The van der Waals surface area contributed by atoms with Crippen LogP contribution in [0.25, 0.3) is 0 Å². The summed E-state index contributed by atoms with van der Waals surface area (Å²) < 4.78 is 0. The molecule has 0 atom stereocenters. The molecule has 2 rings (SSSR count). The van der Waals surface area contributed by atoms with E-state index in [4.69, 9.17) is 0 Å². The first-order valence-electron chi connectivity index (χ1n) is 7.25. The van der Waals surface area contributed by atoms with Gasteiger partial charge in [0.2, 0.25) is 0 Å². The van der Waals surface area contributed by atoms with Crippen LogP contribution >= 0.6 is 0 Å². The van der Waals surface area contributed by atoms with Crippen molar-refractivity contribution in [2.75, 3.05) is 23.4 Å². The van der Waals surface area contributed by atoms with Crippen molar-refractivity contribution in [3.8, 4) is 0 Å². The Balaban J connectivity index is 2.16. The number of hydrazone groups is 1. The van der Waals surface area contributed by atoms with E-state index in [1.165, 1.54) is 0 Å². The predicted molar refractivity (Wildman–Crippen MR) is 96.7 cm³/mol. The number of rotatable bonds is 8. The lowest BCUT2D eigenvalue weighted by Crippen LogP contribution is -2.24. The molecule has 3 heteroatoms. The number of para-hydroxylation sites is 2. The van der Waals surface area contributed by atoms with Gasteiger partial charge in [0.15, 0.2) is 0 Å². The standard InChI is InChI=1S/C19H21N3/c1-3-14-22(15-4-2)19-13-9-8-10-17(19)16-20-21-18-11-6-5-7-12-18/h3-13,16,21H,1-2,14-15H2/b20-16+. The molecule has 0 aliphatic carbocycles. The van der Waals surface area contributed by atoms with Crippen LogP contribution in [0.5, 0.6) is 0 Å². The molecule has 0 aliphatic rings. The summed E-state index contributed by atoms with van der Waals surface area (Å²) in [5.41, 5.74) is 6.16. The quantitative estimate of drug-likeness (QED) is 0.446. The Morgan fingerprint density at radius 3 is 2.23 bits per heavy atom. The monoisotopic (exact) mass is 291 g/mol. The molecule has 3 nitrogen and oxygen atoms in total. The third-order valence-corrected chi connectivity index (χ3v) is 3.15. The minimum absolute atomic E-state index is 0.767. The first-order valence-corrected chi connectivity index (χ1v) is 7.25. The molecule has 0 amide bonds. The SMILES string of the molecule is C=CCN(CC=C)c1ccccc1/C=N/Nc1ccccc1. The highest BCUT2D eigenvalue weighted by atomic mass is 15.3. The number of nitrogens with one attached hydrogen (secondary N) is 1. The molecule has 112 valence electrons. The highest BCUT2D eigenvalue weighted by Crippen LogP contribution is 2.19. The van der Waals surface area contributed by atoms with Crippen LogP contribution in [-0.2, 0) is 0 Å². The molecule has 0 aromatic heterocycles. The van der Waals surface area contributed by atoms with E-state index in [2.05, 4.69) is 34.7 Å². The molecule has 0 aliphatic heterocycles. The van der Waals surface area contributed by atoms with E-state index in [1.54, 1.807) is 0 Å². The molecule has 2 aromatic rings. The second-order valence-electron chi connectivity index (χ2n) is 4.78. The zero-order valence-corrected chi connectivity index (χ0v) is 12.7. The van der Waals surface area contributed by atoms with Crippen LogP contribution < -0.4 is 10.3 Å². The van der Waals surface area contributed by atoms with Crippen LogP contribution in [0.15, 0.2) is 85.0 Å². The molecule has 2 aromatic carbocycles. The zero-order chi connectivity index (χ0) is 15.6. The van der Waals surface area contributed by atoms with Crippen LogP contribution in [-0.4, -0.2) is 19.3 Å². The lowest BCUT2D eigenvalue weighted by Gasteiger charge is -2.23. The molecule has 0 saturated carbocycles. The molecule has 0 bridgehead atoms. The number of anilines is 2. The van der Waals surface area contributed by atoms with Gasteiger partial charge in [0.05, 0.1) is 11.9 Å². The van der Waals surface area contributed by atoms with Crippen molar-refractivity contribution in [3.05, 3.63) is 85.5 Å². The van der Waals surface area contributed by atoms with Crippen LogP contribution in [0.2, 0.25) is 0 Å². The van der Waals surface area contributed by atoms with Crippen molar-refractivity contribution in [1.29, 1.82) is 0 Å². The molecule has 0 radical (unpaired) electrons. The Hall–Kier alpha value is -2.81. The van der Waals surface area contributed by atoms with Crippen LogP contribution in [0.3, 0.4) is 0 Å². The number of hydrogen-bond acceptors (Lipinski definition) is 3.